The van der Waals surface area contributed by atoms with Crippen molar-refractivity contribution in [3.63, 3.8) is 0 Å². The second kappa shape index (κ2) is 9.31. The fraction of sp³-hybridized carbons (Fsp3) is 0.629. The lowest BCUT2D eigenvalue weighted by Gasteiger charge is -2.70. The van der Waals surface area contributed by atoms with Gasteiger partial charge >= 0.3 is 5.97 Å². The highest BCUT2D eigenvalue weighted by Crippen LogP contribution is 2.75. The number of nitrogens with zero attached hydrogens (tertiary/aromatic N) is 1. The van der Waals surface area contributed by atoms with Gasteiger partial charge in [0.25, 0.3) is 5.91 Å². The van der Waals surface area contributed by atoms with Gasteiger partial charge in [-0.25, -0.2) is 4.79 Å². The minimum absolute atomic E-state index is 0.0712. The SMILES string of the molecule is C=C(C)N(OC(=O)[C@]1(C)CC[C@]2(C)CC[C@]3(C)C4=CC=C5C(=CC(=O)C(O)=C5C)[C@]4(C)CC[C@@]3(C)[C@@H]2C1)C(=O)CC. The molecule has 6 heteroatoms. The van der Waals surface area contributed by atoms with E-state index in [2.05, 4.69) is 46.4 Å². The van der Waals surface area contributed by atoms with E-state index in [0.29, 0.717) is 17.7 Å². The molecule has 6 atom stereocenters. The molecule has 5 rings (SSSR count). The number of hydrogen-bond acceptors (Lipinski definition) is 5. The van der Waals surface area contributed by atoms with Gasteiger partial charge in [-0.2, -0.15) is 0 Å². The lowest BCUT2D eigenvalue weighted by Crippen LogP contribution is -2.62. The van der Waals surface area contributed by atoms with Gasteiger partial charge in [-0.05, 0) is 105 Å². The first-order valence-electron chi connectivity index (χ1n) is 15.3. The molecule has 3 fully saturated rings. The van der Waals surface area contributed by atoms with Crippen LogP contribution in [0, 0.1) is 33.0 Å². The van der Waals surface area contributed by atoms with E-state index in [0.717, 1.165) is 54.7 Å². The predicted molar refractivity (Wildman–Crippen MR) is 159 cm³/mol. The molecule has 0 heterocycles. The zero-order chi connectivity index (χ0) is 30.3. The molecule has 0 aliphatic heterocycles. The molecular weight excluding hydrogens is 514 g/mol. The summed E-state index contributed by atoms with van der Waals surface area (Å²) in [5, 5.41) is 11.5. The Bertz CT molecular complexity index is 1380. The summed E-state index contributed by atoms with van der Waals surface area (Å²) in [7, 11) is 0. The van der Waals surface area contributed by atoms with E-state index in [-0.39, 0.29) is 57.4 Å². The molecule has 0 aromatic carbocycles. The van der Waals surface area contributed by atoms with Gasteiger partial charge in [-0.3, -0.25) is 9.59 Å². The zero-order valence-electron chi connectivity index (χ0n) is 26.2. The van der Waals surface area contributed by atoms with E-state index < -0.39 is 5.41 Å². The molecule has 0 saturated heterocycles. The van der Waals surface area contributed by atoms with Crippen molar-refractivity contribution in [1.29, 1.82) is 0 Å². The third-order valence-corrected chi connectivity index (χ3v) is 12.4. The Morgan fingerprint density at radius 3 is 2.34 bits per heavy atom. The van der Waals surface area contributed by atoms with Gasteiger partial charge in [-0.15, -0.1) is 5.06 Å². The average Bonchev–Trinajstić information content (AvgIpc) is 2.92. The molecule has 0 bridgehead atoms. The highest BCUT2D eigenvalue weighted by atomic mass is 16.7. The van der Waals surface area contributed by atoms with Crippen LogP contribution in [0.5, 0.6) is 0 Å². The number of hydroxylamine groups is 2. The van der Waals surface area contributed by atoms with E-state index >= 15 is 0 Å². The second-order valence-electron chi connectivity index (χ2n) is 14.8. The first-order chi connectivity index (χ1) is 19.0. The molecule has 222 valence electrons. The number of amides is 1. The molecule has 6 nitrogen and oxygen atoms in total. The summed E-state index contributed by atoms with van der Waals surface area (Å²) < 4.78 is 0. The summed E-state index contributed by atoms with van der Waals surface area (Å²) in [6.45, 7) is 20.7. The molecule has 5 aliphatic rings. The van der Waals surface area contributed by atoms with Crippen LogP contribution in [0.15, 0.2) is 58.6 Å². The molecule has 3 saturated carbocycles. The molecule has 0 unspecified atom stereocenters. The first-order valence-corrected chi connectivity index (χ1v) is 15.3. The van der Waals surface area contributed by atoms with Crippen LogP contribution in [0.2, 0.25) is 0 Å². The number of rotatable bonds is 3. The number of aliphatic hydroxyl groups is 1. The second-order valence-corrected chi connectivity index (χ2v) is 14.8. The summed E-state index contributed by atoms with van der Waals surface area (Å²) >= 11 is 0. The van der Waals surface area contributed by atoms with Crippen LogP contribution < -0.4 is 0 Å². The van der Waals surface area contributed by atoms with Gasteiger partial charge in [0.2, 0.25) is 5.78 Å². The van der Waals surface area contributed by atoms with Crippen molar-refractivity contribution in [3.8, 4) is 0 Å². The van der Waals surface area contributed by atoms with Gasteiger partial charge in [0, 0.05) is 17.4 Å². The average molecular weight is 562 g/mol. The smallest absolute Gasteiger partial charge is 0.338 e. The quantitative estimate of drug-likeness (QED) is 0.355. The number of aliphatic hydroxyl groups excluding tert-OH is 1. The Hall–Kier alpha value is -2.89. The topological polar surface area (TPSA) is 83.9 Å². The number of carbonyl (C=O) groups excluding carboxylic acids is 3. The maximum atomic E-state index is 13.8. The molecule has 0 aromatic rings. The molecule has 41 heavy (non-hydrogen) atoms. The Morgan fingerprint density at radius 2 is 1.71 bits per heavy atom. The van der Waals surface area contributed by atoms with Gasteiger partial charge in [0.05, 0.1) is 11.1 Å². The van der Waals surface area contributed by atoms with E-state index in [4.69, 9.17) is 4.84 Å². The Labute approximate surface area is 245 Å². The van der Waals surface area contributed by atoms with E-state index in [1.807, 2.05) is 13.8 Å². The summed E-state index contributed by atoms with van der Waals surface area (Å²) in [4.78, 5) is 44.8. The van der Waals surface area contributed by atoms with Gasteiger partial charge in [0.1, 0.15) is 0 Å². The number of fused-ring (bicyclic) bond motifs is 7. The minimum Gasteiger partial charge on any atom is -0.504 e. The maximum absolute atomic E-state index is 13.8. The van der Waals surface area contributed by atoms with Crippen molar-refractivity contribution in [2.24, 2.45) is 33.0 Å². The number of allylic oxidation sites excluding steroid dienone is 8. The van der Waals surface area contributed by atoms with Crippen LogP contribution in [0.25, 0.3) is 0 Å². The van der Waals surface area contributed by atoms with E-state index in [1.54, 1.807) is 19.9 Å². The minimum atomic E-state index is -0.709. The van der Waals surface area contributed by atoms with Gasteiger partial charge in [0.15, 0.2) is 5.76 Å². The van der Waals surface area contributed by atoms with Crippen molar-refractivity contribution in [1.82, 2.24) is 5.06 Å². The molecule has 5 aliphatic carbocycles. The van der Waals surface area contributed by atoms with E-state index in [9.17, 15) is 19.5 Å². The molecular formula is C35H47NO5. The third kappa shape index (κ3) is 3.99. The number of hydrogen-bond donors (Lipinski definition) is 1. The lowest BCUT2D eigenvalue weighted by atomic mass is 9.34. The Morgan fingerprint density at radius 1 is 1.05 bits per heavy atom. The van der Waals surface area contributed by atoms with E-state index in [1.165, 1.54) is 5.57 Å². The van der Waals surface area contributed by atoms with Crippen molar-refractivity contribution >= 4 is 17.7 Å². The van der Waals surface area contributed by atoms with Gasteiger partial charge in [-0.1, -0.05) is 58.9 Å². The van der Waals surface area contributed by atoms with Crippen molar-refractivity contribution in [3.05, 3.63) is 58.6 Å². The fourth-order valence-corrected chi connectivity index (χ4v) is 9.32. The summed E-state index contributed by atoms with van der Waals surface area (Å²) in [6.07, 6.45) is 12.6. The number of ketones is 1. The molecule has 0 radical (unpaired) electrons. The monoisotopic (exact) mass is 561 g/mol. The fourth-order valence-electron chi connectivity index (χ4n) is 9.32. The van der Waals surface area contributed by atoms with Crippen LogP contribution in [0.1, 0.15) is 107 Å². The van der Waals surface area contributed by atoms with Crippen LogP contribution >= 0.6 is 0 Å². The Balaban J connectivity index is 1.52. The largest absolute Gasteiger partial charge is 0.504 e. The van der Waals surface area contributed by atoms with Crippen molar-refractivity contribution in [2.45, 2.75) is 107 Å². The molecule has 1 amide bonds. The highest BCUT2D eigenvalue weighted by molar-refractivity contribution is 6.06. The molecule has 1 N–H and O–H groups in total. The standard InChI is InChI=1S/C35H47NO5/c1-10-28(38)36(21(2)3)41-30(40)32(6)14-13-31(5)15-17-34(8)26-12-11-23-22(4)29(39)25(37)19-24(23)33(26,7)16-18-35(34,9)27(31)20-32/h11-12,19,27,39H,2,10,13-18,20H2,1,3-9H3/t27-,31-,32-,33+,34-,35+/m1/s1. The number of carbonyl (C=O) groups is 3. The normalized spacial score (nSPS) is 39.7. The van der Waals surface area contributed by atoms with Crippen LogP contribution in [-0.4, -0.2) is 27.8 Å². The molecule has 0 aromatic heterocycles. The summed E-state index contributed by atoms with van der Waals surface area (Å²) in [5.74, 6) is -0.801. The van der Waals surface area contributed by atoms with Crippen LogP contribution in [0.3, 0.4) is 0 Å². The first kappa shape index (κ1) is 29.6. The third-order valence-electron chi connectivity index (χ3n) is 12.4. The molecule has 0 spiro atoms. The zero-order valence-corrected chi connectivity index (χ0v) is 26.2. The summed E-state index contributed by atoms with van der Waals surface area (Å²) in [6, 6.07) is 0. The lowest BCUT2D eigenvalue weighted by molar-refractivity contribution is -0.210. The maximum Gasteiger partial charge on any atom is 0.338 e. The highest BCUT2D eigenvalue weighted by Gasteiger charge is 2.67. The van der Waals surface area contributed by atoms with Crippen molar-refractivity contribution < 1.29 is 24.3 Å². The van der Waals surface area contributed by atoms with Crippen LogP contribution in [-0.2, 0) is 19.2 Å². The van der Waals surface area contributed by atoms with Crippen LogP contribution in [0.4, 0.5) is 0 Å². The predicted octanol–water partition coefficient (Wildman–Crippen LogP) is 7.84. The Kier molecular flexibility index (Phi) is 6.72. The summed E-state index contributed by atoms with van der Waals surface area (Å²) in [5.41, 5.74) is 3.35. The van der Waals surface area contributed by atoms with Crippen molar-refractivity contribution in [2.75, 3.05) is 0 Å². The van der Waals surface area contributed by atoms with Gasteiger partial charge < -0.3 is 9.94 Å².